The van der Waals surface area contributed by atoms with Crippen molar-refractivity contribution in [3.8, 4) is 0 Å². The first-order valence-corrected chi connectivity index (χ1v) is 12.5. The van der Waals surface area contributed by atoms with Crippen LogP contribution in [-0.2, 0) is 17.6 Å². The molecule has 0 saturated heterocycles. The van der Waals surface area contributed by atoms with Crippen LogP contribution < -0.4 is 10.6 Å². The number of thiocarbonyl (C=S) groups is 1. The summed E-state index contributed by atoms with van der Waals surface area (Å²) in [5, 5.41) is 8.34. The second-order valence-corrected chi connectivity index (χ2v) is 10.6. The van der Waals surface area contributed by atoms with Gasteiger partial charge in [0.2, 0.25) is 0 Å². The first kappa shape index (κ1) is 22.5. The van der Waals surface area contributed by atoms with E-state index in [0.29, 0.717) is 28.7 Å². The molecule has 1 saturated carbocycles. The minimum absolute atomic E-state index is 0.223. The maximum atomic E-state index is 12.6. The Labute approximate surface area is 185 Å². The highest BCUT2D eigenvalue weighted by molar-refractivity contribution is 7.80. The molecule has 1 heterocycles. The number of fused-ring (bicyclic) bond motifs is 1. The number of esters is 1. The molecular formula is C23H36N2O2S2. The van der Waals surface area contributed by atoms with Crippen LogP contribution in [-0.4, -0.2) is 23.7 Å². The van der Waals surface area contributed by atoms with Gasteiger partial charge in [-0.2, -0.15) is 0 Å². The van der Waals surface area contributed by atoms with Crippen molar-refractivity contribution in [1.82, 2.24) is 5.32 Å². The lowest BCUT2D eigenvalue weighted by atomic mass is 9.69. The lowest BCUT2D eigenvalue weighted by molar-refractivity contribution is 0.0526. The smallest absolute Gasteiger partial charge is 0.341 e. The van der Waals surface area contributed by atoms with E-state index in [9.17, 15) is 4.79 Å². The Kier molecular flexibility index (Phi) is 7.60. The average Bonchev–Trinajstić information content (AvgIpc) is 3.06. The van der Waals surface area contributed by atoms with Crippen molar-refractivity contribution >= 4 is 39.6 Å². The zero-order chi connectivity index (χ0) is 21.0. The highest BCUT2D eigenvalue weighted by Gasteiger charge is 2.32. The second-order valence-electron chi connectivity index (χ2n) is 9.12. The van der Waals surface area contributed by atoms with Crippen molar-refractivity contribution in [3.05, 3.63) is 16.0 Å². The van der Waals surface area contributed by atoms with Crippen molar-refractivity contribution in [2.75, 3.05) is 11.9 Å². The quantitative estimate of drug-likeness (QED) is 0.418. The highest BCUT2D eigenvalue weighted by atomic mass is 32.1. The van der Waals surface area contributed by atoms with Gasteiger partial charge in [-0.05, 0) is 87.4 Å². The Morgan fingerprint density at radius 3 is 2.52 bits per heavy atom. The fraction of sp³-hybridized carbons (Fsp3) is 0.739. The fourth-order valence-electron chi connectivity index (χ4n) is 4.71. The minimum atomic E-state index is -0.223. The van der Waals surface area contributed by atoms with Crippen molar-refractivity contribution in [2.24, 2.45) is 11.3 Å². The summed E-state index contributed by atoms with van der Waals surface area (Å²) < 4.78 is 5.34. The summed E-state index contributed by atoms with van der Waals surface area (Å²) in [6, 6.07) is 0.416. The van der Waals surface area contributed by atoms with Gasteiger partial charge in [0.1, 0.15) is 5.00 Å². The van der Waals surface area contributed by atoms with E-state index in [1.807, 2.05) is 6.92 Å². The molecule has 29 heavy (non-hydrogen) atoms. The van der Waals surface area contributed by atoms with Gasteiger partial charge in [0.05, 0.1) is 12.2 Å². The second kappa shape index (κ2) is 9.78. The van der Waals surface area contributed by atoms with Gasteiger partial charge < -0.3 is 15.4 Å². The molecule has 2 aliphatic carbocycles. The lowest BCUT2D eigenvalue weighted by Crippen LogP contribution is -2.41. The van der Waals surface area contributed by atoms with Crippen LogP contribution in [0.15, 0.2) is 0 Å². The normalized spacial score (nSPS) is 21.9. The Morgan fingerprint density at radius 2 is 1.86 bits per heavy atom. The van der Waals surface area contributed by atoms with Gasteiger partial charge in [-0.3, -0.25) is 0 Å². The molecule has 162 valence electrons. The molecule has 0 radical (unpaired) electrons. The summed E-state index contributed by atoms with van der Waals surface area (Å²) >= 11 is 7.30. The van der Waals surface area contributed by atoms with E-state index in [0.717, 1.165) is 43.0 Å². The number of thiophene rings is 1. The van der Waals surface area contributed by atoms with Gasteiger partial charge in [-0.25, -0.2) is 4.79 Å². The summed E-state index contributed by atoms with van der Waals surface area (Å²) in [5.74, 6) is 0.575. The summed E-state index contributed by atoms with van der Waals surface area (Å²) in [6.45, 7) is 9.33. The zero-order valence-corrected chi connectivity index (χ0v) is 20.0. The molecule has 0 bridgehead atoms. The monoisotopic (exact) mass is 436 g/mol. The standard InChI is InChI=1S/C23H36N2O2S2/c1-5-23(3,4)15-11-13-16(14-12-15)24-22(28)25-20-19(21(26)27-6-2)17-9-7-8-10-18(17)29-20/h15-16H,5-14H2,1-4H3,(H2,24,25,28). The Bertz CT molecular complexity index is 733. The molecule has 0 atom stereocenters. The Morgan fingerprint density at radius 1 is 1.17 bits per heavy atom. The molecule has 1 aromatic heterocycles. The van der Waals surface area contributed by atoms with E-state index in [2.05, 4.69) is 31.4 Å². The molecule has 0 aliphatic heterocycles. The van der Waals surface area contributed by atoms with E-state index in [-0.39, 0.29) is 5.97 Å². The molecule has 1 fully saturated rings. The number of aryl methyl sites for hydroxylation is 1. The average molecular weight is 437 g/mol. The highest BCUT2D eigenvalue weighted by Crippen LogP contribution is 2.41. The van der Waals surface area contributed by atoms with Gasteiger partial charge in [0.25, 0.3) is 0 Å². The summed E-state index contributed by atoms with van der Waals surface area (Å²) in [7, 11) is 0. The van der Waals surface area contributed by atoms with Crippen LogP contribution in [0.5, 0.6) is 0 Å². The zero-order valence-electron chi connectivity index (χ0n) is 18.4. The maximum Gasteiger partial charge on any atom is 0.341 e. The number of rotatable bonds is 6. The Hall–Kier alpha value is -1.14. The van der Waals surface area contributed by atoms with Crippen molar-refractivity contribution in [2.45, 2.75) is 91.5 Å². The third kappa shape index (κ3) is 5.32. The van der Waals surface area contributed by atoms with Gasteiger partial charge >= 0.3 is 5.97 Å². The van der Waals surface area contributed by atoms with Crippen LogP contribution in [0.1, 0.15) is 93.4 Å². The van der Waals surface area contributed by atoms with E-state index < -0.39 is 0 Å². The third-order valence-corrected chi connectivity index (χ3v) is 8.38. The number of anilines is 1. The number of ether oxygens (including phenoxy) is 1. The SMILES string of the molecule is CCOC(=O)c1c(NC(=S)NC2CCC(C(C)(C)CC)CC2)sc2c1CCCC2. The van der Waals surface area contributed by atoms with Crippen LogP contribution in [0.2, 0.25) is 0 Å². The van der Waals surface area contributed by atoms with E-state index in [1.54, 1.807) is 11.3 Å². The molecule has 2 N–H and O–H groups in total. The maximum absolute atomic E-state index is 12.6. The predicted octanol–water partition coefficient (Wildman–Crippen LogP) is 6.09. The van der Waals surface area contributed by atoms with Crippen LogP contribution in [0.25, 0.3) is 0 Å². The van der Waals surface area contributed by atoms with E-state index in [4.69, 9.17) is 17.0 Å². The van der Waals surface area contributed by atoms with Gasteiger partial charge in [0, 0.05) is 10.9 Å². The number of carbonyl (C=O) groups is 1. The van der Waals surface area contributed by atoms with Gasteiger partial charge in [-0.1, -0.05) is 27.2 Å². The largest absolute Gasteiger partial charge is 0.462 e. The molecule has 3 rings (SSSR count). The van der Waals surface area contributed by atoms with Crippen LogP contribution in [0, 0.1) is 11.3 Å². The van der Waals surface area contributed by atoms with Crippen LogP contribution >= 0.6 is 23.6 Å². The predicted molar refractivity (Wildman–Crippen MR) is 126 cm³/mol. The van der Waals surface area contributed by atoms with E-state index >= 15 is 0 Å². The van der Waals surface area contributed by atoms with Crippen molar-refractivity contribution in [1.29, 1.82) is 0 Å². The molecule has 4 nitrogen and oxygen atoms in total. The number of hydrogen-bond donors (Lipinski definition) is 2. The minimum Gasteiger partial charge on any atom is -0.462 e. The summed E-state index contributed by atoms with van der Waals surface area (Å²) in [6.07, 6.45) is 10.4. The first-order chi connectivity index (χ1) is 13.9. The molecule has 1 aromatic rings. The van der Waals surface area contributed by atoms with Crippen LogP contribution in [0.4, 0.5) is 5.00 Å². The molecule has 0 unspecified atom stereocenters. The summed E-state index contributed by atoms with van der Waals surface area (Å²) in [4.78, 5) is 13.9. The topological polar surface area (TPSA) is 50.4 Å². The lowest BCUT2D eigenvalue weighted by Gasteiger charge is -2.39. The van der Waals surface area contributed by atoms with Crippen LogP contribution in [0.3, 0.4) is 0 Å². The Balaban J connectivity index is 1.63. The van der Waals surface area contributed by atoms with Crippen molar-refractivity contribution < 1.29 is 9.53 Å². The summed E-state index contributed by atoms with van der Waals surface area (Å²) in [5.41, 5.74) is 2.31. The third-order valence-electron chi connectivity index (χ3n) is 6.96. The number of carbonyl (C=O) groups excluding carboxylic acids is 1. The number of nitrogens with one attached hydrogen (secondary N) is 2. The molecule has 0 spiro atoms. The first-order valence-electron chi connectivity index (χ1n) is 11.2. The molecular weight excluding hydrogens is 400 g/mol. The molecule has 0 amide bonds. The van der Waals surface area contributed by atoms with E-state index in [1.165, 1.54) is 36.1 Å². The van der Waals surface area contributed by atoms with Crippen molar-refractivity contribution in [3.63, 3.8) is 0 Å². The molecule has 2 aliphatic rings. The molecule has 6 heteroatoms. The molecule has 0 aromatic carbocycles. The van der Waals surface area contributed by atoms with Gasteiger partial charge in [-0.15, -0.1) is 11.3 Å². The van der Waals surface area contributed by atoms with Gasteiger partial charge in [0.15, 0.2) is 5.11 Å². The fourth-order valence-corrected chi connectivity index (χ4v) is 6.32. The number of hydrogen-bond acceptors (Lipinski definition) is 4.